The molecule has 0 bridgehead atoms. The van der Waals surface area contributed by atoms with Gasteiger partial charge in [0.05, 0.1) is 47.3 Å². The van der Waals surface area contributed by atoms with Gasteiger partial charge >= 0.3 is 0 Å². The molecule has 1 atom stereocenters. The van der Waals surface area contributed by atoms with Crippen LogP contribution in [0.5, 0.6) is 5.75 Å². The largest absolute Gasteiger partial charge is 0.492 e. The van der Waals surface area contributed by atoms with Gasteiger partial charge in [-0.3, -0.25) is 14.6 Å². The number of aromatic nitrogens is 2. The van der Waals surface area contributed by atoms with Crippen molar-refractivity contribution in [1.29, 1.82) is 0 Å². The van der Waals surface area contributed by atoms with E-state index < -0.39 is 0 Å². The summed E-state index contributed by atoms with van der Waals surface area (Å²) in [6.07, 6.45) is 8.39. The van der Waals surface area contributed by atoms with Crippen molar-refractivity contribution >= 4 is 22.7 Å². The fourth-order valence-electron chi connectivity index (χ4n) is 7.17. The summed E-state index contributed by atoms with van der Waals surface area (Å²) >= 11 is 0. The molecule has 2 amide bonds. The van der Waals surface area contributed by atoms with Crippen molar-refractivity contribution in [3.05, 3.63) is 90.1 Å². The molecule has 45 heavy (non-hydrogen) atoms. The summed E-state index contributed by atoms with van der Waals surface area (Å²) in [6, 6.07) is 23.2. The van der Waals surface area contributed by atoms with Crippen LogP contribution in [0.3, 0.4) is 0 Å². The van der Waals surface area contributed by atoms with Gasteiger partial charge < -0.3 is 19.3 Å². The van der Waals surface area contributed by atoms with Crippen molar-refractivity contribution in [2.75, 3.05) is 39.5 Å². The molecule has 0 radical (unpaired) electrons. The van der Waals surface area contributed by atoms with Gasteiger partial charge in [-0.25, -0.2) is 4.98 Å². The number of pyridine rings is 2. The topological polar surface area (TPSA) is 84.9 Å². The number of carbonyl (C=O) groups is 2. The van der Waals surface area contributed by atoms with Crippen LogP contribution in [0.4, 0.5) is 0 Å². The van der Waals surface area contributed by atoms with Crippen LogP contribution in [0.25, 0.3) is 22.3 Å². The van der Waals surface area contributed by atoms with Crippen LogP contribution >= 0.6 is 0 Å². The van der Waals surface area contributed by atoms with Gasteiger partial charge in [-0.15, -0.1) is 0 Å². The average Bonchev–Trinajstić information content (AvgIpc) is 3.57. The molecule has 2 fully saturated rings. The van der Waals surface area contributed by atoms with Crippen LogP contribution in [0.2, 0.25) is 0 Å². The molecule has 232 valence electrons. The molecule has 2 saturated heterocycles. The summed E-state index contributed by atoms with van der Waals surface area (Å²) in [7, 11) is 0. The fourth-order valence-corrected chi connectivity index (χ4v) is 7.17. The van der Waals surface area contributed by atoms with E-state index in [9.17, 15) is 9.59 Å². The Balaban J connectivity index is 1.12. The standard InChI is InChI=1S/C37H40N4O4/c42-35(30-24-33(32-14-5-7-19-38-32)39-31-13-3-1-11-28(30)31)40-21-17-37(18-22-40)16-6-8-23-44-25-27-10-9-20-41(27)36(43)29-12-2-4-15-34(29)45-26-37/h1-5,7,11-15,19,24,27H,6,8-10,16-18,20-23,25-26H2/t27-/m0/s1. The highest BCUT2D eigenvalue weighted by atomic mass is 16.5. The number of amides is 2. The van der Waals surface area contributed by atoms with Crippen LogP contribution in [0.15, 0.2) is 79.0 Å². The van der Waals surface area contributed by atoms with Crippen molar-refractivity contribution in [1.82, 2.24) is 19.8 Å². The molecule has 5 heterocycles. The van der Waals surface area contributed by atoms with E-state index in [1.54, 1.807) is 6.20 Å². The number of nitrogens with zero attached hydrogens (tertiary/aromatic N) is 4. The summed E-state index contributed by atoms with van der Waals surface area (Å²) in [6.45, 7) is 3.85. The van der Waals surface area contributed by atoms with Crippen molar-refractivity contribution in [3.63, 3.8) is 0 Å². The maximum absolute atomic E-state index is 14.1. The quantitative estimate of drug-likeness (QED) is 0.263. The van der Waals surface area contributed by atoms with Crippen LogP contribution in [0.1, 0.15) is 65.7 Å². The molecule has 0 N–H and O–H groups in total. The third kappa shape index (κ3) is 6.16. The van der Waals surface area contributed by atoms with E-state index in [0.29, 0.717) is 55.5 Å². The van der Waals surface area contributed by atoms with Gasteiger partial charge in [0, 0.05) is 43.2 Å². The lowest BCUT2D eigenvalue weighted by atomic mass is 9.75. The minimum atomic E-state index is -0.0906. The summed E-state index contributed by atoms with van der Waals surface area (Å²) < 4.78 is 12.6. The Morgan fingerprint density at radius 2 is 1.69 bits per heavy atom. The van der Waals surface area contributed by atoms with Gasteiger partial charge in [0.25, 0.3) is 11.8 Å². The minimum absolute atomic E-state index is 0.0203. The molecule has 2 aromatic heterocycles. The Morgan fingerprint density at radius 3 is 2.56 bits per heavy atom. The fraction of sp³-hybridized carbons (Fsp3) is 0.405. The predicted molar refractivity (Wildman–Crippen MR) is 173 cm³/mol. The Hall–Kier alpha value is -4.30. The Labute approximate surface area is 264 Å². The smallest absolute Gasteiger partial charge is 0.257 e. The van der Waals surface area contributed by atoms with E-state index in [1.807, 2.05) is 82.6 Å². The highest BCUT2D eigenvalue weighted by molar-refractivity contribution is 6.07. The number of para-hydroxylation sites is 2. The summed E-state index contributed by atoms with van der Waals surface area (Å²) in [5.74, 6) is 0.694. The lowest BCUT2D eigenvalue weighted by Gasteiger charge is -2.42. The second kappa shape index (κ2) is 13.0. The minimum Gasteiger partial charge on any atom is -0.492 e. The van der Waals surface area contributed by atoms with Crippen molar-refractivity contribution in [2.45, 2.75) is 51.0 Å². The molecule has 1 spiro atoms. The Bertz CT molecular complexity index is 1670. The Kier molecular flexibility index (Phi) is 8.48. The van der Waals surface area contributed by atoms with E-state index in [4.69, 9.17) is 14.5 Å². The van der Waals surface area contributed by atoms with Crippen molar-refractivity contribution in [2.24, 2.45) is 5.41 Å². The van der Waals surface area contributed by atoms with Gasteiger partial charge in [-0.1, -0.05) is 42.8 Å². The van der Waals surface area contributed by atoms with Gasteiger partial charge in [0.1, 0.15) is 5.75 Å². The van der Waals surface area contributed by atoms with E-state index >= 15 is 0 Å². The zero-order valence-electron chi connectivity index (χ0n) is 25.7. The van der Waals surface area contributed by atoms with Gasteiger partial charge in [0.15, 0.2) is 0 Å². The van der Waals surface area contributed by atoms with Crippen LogP contribution in [-0.2, 0) is 4.74 Å². The first-order valence-corrected chi connectivity index (χ1v) is 16.3. The summed E-state index contributed by atoms with van der Waals surface area (Å²) in [4.78, 5) is 41.0. The molecular weight excluding hydrogens is 564 g/mol. The average molecular weight is 605 g/mol. The van der Waals surface area contributed by atoms with Crippen LogP contribution in [-0.4, -0.2) is 77.1 Å². The van der Waals surface area contributed by atoms with E-state index in [-0.39, 0.29) is 23.3 Å². The maximum Gasteiger partial charge on any atom is 0.257 e. The molecule has 7 rings (SSSR count). The van der Waals surface area contributed by atoms with Gasteiger partial charge in [-0.2, -0.15) is 0 Å². The number of piperidine rings is 1. The lowest BCUT2D eigenvalue weighted by molar-refractivity contribution is 0.0304. The first-order valence-electron chi connectivity index (χ1n) is 16.3. The molecule has 8 nitrogen and oxygen atoms in total. The van der Waals surface area contributed by atoms with E-state index in [2.05, 4.69) is 4.98 Å². The molecule has 0 unspecified atom stereocenters. The number of carbonyl (C=O) groups excluding carboxylic acids is 2. The number of hydrogen-bond donors (Lipinski definition) is 0. The molecule has 8 heteroatoms. The normalized spacial score (nSPS) is 20.7. The highest BCUT2D eigenvalue weighted by Crippen LogP contribution is 2.39. The zero-order chi connectivity index (χ0) is 30.6. The lowest BCUT2D eigenvalue weighted by Crippen LogP contribution is -2.46. The molecule has 4 aromatic rings. The first-order chi connectivity index (χ1) is 22.1. The first kappa shape index (κ1) is 29.4. The Morgan fingerprint density at radius 1 is 0.867 bits per heavy atom. The van der Waals surface area contributed by atoms with Crippen LogP contribution < -0.4 is 4.74 Å². The van der Waals surface area contributed by atoms with Gasteiger partial charge in [0.2, 0.25) is 0 Å². The molecular formula is C37H40N4O4. The monoisotopic (exact) mass is 604 g/mol. The van der Waals surface area contributed by atoms with E-state index in [0.717, 1.165) is 68.1 Å². The number of fused-ring (bicyclic) bond motifs is 3. The zero-order valence-corrected chi connectivity index (χ0v) is 25.7. The second-order valence-corrected chi connectivity index (χ2v) is 12.7. The van der Waals surface area contributed by atoms with Crippen LogP contribution in [0, 0.1) is 5.41 Å². The number of hydrogen-bond acceptors (Lipinski definition) is 6. The molecule has 3 aliphatic rings. The summed E-state index contributed by atoms with van der Waals surface area (Å²) in [5.41, 5.74) is 3.41. The molecule has 3 aliphatic heterocycles. The molecule has 2 aromatic carbocycles. The van der Waals surface area contributed by atoms with Gasteiger partial charge in [-0.05, 0) is 74.9 Å². The molecule has 0 saturated carbocycles. The summed E-state index contributed by atoms with van der Waals surface area (Å²) in [5, 5.41) is 0.852. The number of rotatable bonds is 2. The second-order valence-electron chi connectivity index (χ2n) is 12.7. The number of ether oxygens (including phenoxy) is 2. The maximum atomic E-state index is 14.1. The number of benzene rings is 2. The predicted octanol–water partition coefficient (Wildman–Crippen LogP) is 6.40. The SMILES string of the molecule is O=C(c1cc(-c2ccccn2)nc2ccccc12)N1CCC2(CCCCOC[C@@H]3CCCN3C(=O)c3ccccc3OC2)CC1. The van der Waals surface area contributed by atoms with E-state index in [1.165, 1.54) is 0 Å². The van der Waals surface area contributed by atoms with Crippen molar-refractivity contribution < 1.29 is 19.1 Å². The van der Waals surface area contributed by atoms with Crippen molar-refractivity contribution in [3.8, 4) is 17.1 Å². The highest BCUT2D eigenvalue weighted by Gasteiger charge is 2.38. The molecule has 0 aliphatic carbocycles. The third-order valence-corrected chi connectivity index (χ3v) is 9.83. The number of likely N-dealkylation sites (tertiary alicyclic amines) is 1. The third-order valence-electron chi connectivity index (χ3n) is 9.83.